The highest BCUT2D eigenvalue weighted by atomic mass is 35.5. The van der Waals surface area contributed by atoms with Crippen LogP contribution in [0, 0.1) is 0 Å². The van der Waals surface area contributed by atoms with Gasteiger partial charge in [0.15, 0.2) is 0 Å². The van der Waals surface area contributed by atoms with E-state index in [-0.39, 0.29) is 0 Å². The Hall–Kier alpha value is 0.170. The third-order valence-corrected chi connectivity index (χ3v) is 3.24. The molecule has 0 amide bonds. The minimum Gasteiger partial charge on any atom is -0.374 e. The number of alkyl halides is 1. The molecule has 1 atom stereocenters. The molecule has 0 aromatic rings. The van der Waals surface area contributed by atoms with Crippen molar-refractivity contribution >= 4 is 11.6 Å². The van der Waals surface area contributed by atoms with Gasteiger partial charge in [-0.1, -0.05) is 13.8 Å². The van der Waals surface area contributed by atoms with E-state index < -0.39 is 0 Å². The van der Waals surface area contributed by atoms with E-state index in [9.17, 15) is 0 Å². The summed E-state index contributed by atoms with van der Waals surface area (Å²) < 4.78 is 5.81. The van der Waals surface area contributed by atoms with Crippen molar-refractivity contribution in [1.29, 1.82) is 0 Å². The van der Waals surface area contributed by atoms with Gasteiger partial charge < -0.3 is 4.74 Å². The molecular weight excluding hydrogens is 224 g/mol. The van der Waals surface area contributed by atoms with Crippen molar-refractivity contribution < 1.29 is 4.74 Å². The first-order valence-electron chi connectivity index (χ1n) is 6.42. The largest absolute Gasteiger partial charge is 0.374 e. The van der Waals surface area contributed by atoms with E-state index in [0.717, 1.165) is 45.9 Å². The predicted molar refractivity (Wildman–Crippen MR) is 69.3 cm³/mol. The standard InChI is InChI=1S/C12H25ClN2O/c1-3-6-15(7-5-13)11-12-10-14(4-2)8-9-16-12/h12H,3-11H2,1-2H3. The van der Waals surface area contributed by atoms with Gasteiger partial charge in [-0.3, -0.25) is 9.80 Å². The molecule has 1 heterocycles. The monoisotopic (exact) mass is 248 g/mol. The first kappa shape index (κ1) is 14.2. The third-order valence-electron chi connectivity index (χ3n) is 3.07. The molecule has 1 aliphatic heterocycles. The number of likely N-dealkylation sites (N-methyl/N-ethyl adjacent to an activating group) is 1. The zero-order chi connectivity index (χ0) is 11.8. The molecule has 0 aromatic heterocycles. The highest BCUT2D eigenvalue weighted by Gasteiger charge is 2.21. The first-order valence-corrected chi connectivity index (χ1v) is 6.95. The normalized spacial score (nSPS) is 22.9. The molecule has 4 heteroatoms. The van der Waals surface area contributed by atoms with E-state index in [1.807, 2.05) is 0 Å². The van der Waals surface area contributed by atoms with Gasteiger partial charge in [0.25, 0.3) is 0 Å². The van der Waals surface area contributed by atoms with Crippen LogP contribution in [0.1, 0.15) is 20.3 Å². The zero-order valence-electron chi connectivity index (χ0n) is 10.6. The Bertz CT molecular complexity index is 174. The van der Waals surface area contributed by atoms with Gasteiger partial charge in [0, 0.05) is 32.1 Å². The maximum Gasteiger partial charge on any atom is 0.0829 e. The number of nitrogens with zero attached hydrogens (tertiary/aromatic N) is 2. The van der Waals surface area contributed by atoms with E-state index in [2.05, 4.69) is 23.6 Å². The molecule has 3 nitrogen and oxygen atoms in total. The fraction of sp³-hybridized carbons (Fsp3) is 1.00. The summed E-state index contributed by atoms with van der Waals surface area (Å²) in [5, 5.41) is 0. The molecule has 0 N–H and O–H groups in total. The van der Waals surface area contributed by atoms with E-state index in [0.29, 0.717) is 12.0 Å². The van der Waals surface area contributed by atoms with Crippen LogP contribution in [0.5, 0.6) is 0 Å². The number of hydrogen-bond donors (Lipinski definition) is 0. The number of rotatable bonds is 7. The smallest absolute Gasteiger partial charge is 0.0829 e. The minimum absolute atomic E-state index is 0.364. The Kier molecular flexibility index (Phi) is 7.37. The van der Waals surface area contributed by atoms with Gasteiger partial charge in [0.2, 0.25) is 0 Å². The van der Waals surface area contributed by atoms with Crippen LogP contribution in [-0.4, -0.2) is 67.7 Å². The average molecular weight is 249 g/mol. The highest BCUT2D eigenvalue weighted by Crippen LogP contribution is 2.07. The van der Waals surface area contributed by atoms with Gasteiger partial charge in [-0.05, 0) is 19.5 Å². The van der Waals surface area contributed by atoms with E-state index >= 15 is 0 Å². The number of halogens is 1. The van der Waals surface area contributed by atoms with Gasteiger partial charge in [-0.25, -0.2) is 0 Å². The Labute approximate surface area is 105 Å². The first-order chi connectivity index (χ1) is 7.80. The van der Waals surface area contributed by atoms with Crippen molar-refractivity contribution in [1.82, 2.24) is 9.80 Å². The number of hydrogen-bond acceptors (Lipinski definition) is 3. The van der Waals surface area contributed by atoms with Crippen LogP contribution >= 0.6 is 11.6 Å². The molecular formula is C12H25ClN2O. The van der Waals surface area contributed by atoms with Crippen LogP contribution in [0.25, 0.3) is 0 Å². The Morgan fingerprint density at radius 1 is 1.38 bits per heavy atom. The van der Waals surface area contributed by atoms with Crippen LogP contribution < -0.4 is 0 Å². The lowest BCUT2D eigenvalue weighted by atomic mass is 10.2. The summed E-state index contributed by atoms with van der Waals surface area (Å²) in [6.07, 6.45) is 1.55. The number of ether oxygens (including phenoxy) is 1. The molecule has 1 fully saturated rings. The summed E-state index contributed by atoms with van der Waals surface area (Å²) in [5.41, 5.74) is 0. The molecule has 0 spiro atoms. The molecule has 0 aromatic carbocycles. The van der Waals surface area contributed by atoms with Gasteiger partial charge >= 0.3 is 0 Å². The maximum absolute atomic E-state index is 5.81. The Morgan fingerprint density at radius 3 is 2.81 bits per heavy atom. The average Bonchev–Trinajstić information content (AvgIpc) is 2.30. The summed E-state index contributed by atoms with van der Waals surface area (Å²) in [4.78, 5) is 4.87. The predicted octanol–water partition coefficient (Wildman–Crippen LogP) is 1.66. The molecule has 0 radical (unpaired) electrons. The Morgan fingerprint density at radius 2 is 2.19 bits per heavy atom. The summed E-state index contributed by atoms with van der Waals surface area (Å²) in [6, 6.07) is 0. The van der Waals surface area contributed by atoms with Crippen molar-refractivity contribution in [3.05, 3.63) is 0 Å². The van der Waals surface area contributed by atoms with Crippen molar-refractivity contribution in [3.8, 4) is 0 Å². The maximum atomic E-state index is 5.81. The van der Waals surface area contributed by atoms with Crippen LogP contribution in [0.4, 0.5) is 0 Å². The third kappa shape index (κ3) is 5.00. The van der Waals surface area contributed by atoms with E-state index in [1.165, 1.54) is 6.42 Å². The summed E-state index contributed by atoms with van der Waals surface area (Å²) in [6.45, 7) is 11.7. The van der Waals surface area contributed by atoms with E-state index in [1.54, 1.807) is 0 Å². The van der Waals surface area contributed by atoms with Crippen molar-refractivity contribution in [2.75, 3.05) is 51.8 Å². The molecule has 1 aliphatic rings. The zero-order valence-corrected chi connectivity index (χ0v) is 11.4. The van der Waals surface area contributed by atoms with Gasteiger partial charge in [-0.2, -0.15) is 0 Å². The molecule has 96 valence electrons. The van der Waals surface area contributed by atoms with Gasteiger partial charge in [0.1, 0.15) is 0 Å². The summed E-state index contributed by atoms with van der Waals surface area (Å²) in [7, 11) is 0. The molecule has 1 saturated heterocycles. The Balaban J connectivity index is 2.31. The summed E-state index contributed by atoms with van der Waals surface area (Å²) >= 11 is 5.81. The van der Waals surface area contributed by atoms with Crippen molar-refractivity contribution in [3.63, 3.8) is 0 Å². The second-order valence-electron chi connectivity index (χ2n) is 4.38. The molecule has 0 aliphatic carbocycles. The molecule has 1 rings (SSSR count). The quantitative estimate of drug-likeness (QED) is 0.638. The fourth-order valence-electron chi connectivity index (χ4n) is 2.20. The minimum atomic E-state index is 0.364. The van der Waals surface area contributed by atoms with Gasteiger partial charge in [-0.15, -0.1) is 11.6 Å². The van der Waals surface area contributed by atoms with Crippen LogP contribution in [0.15, 0.2) is 0 Å². The lowest BCUT2D eigenvalue weighted by Crippen LogP contribution is -2.47. The second kappa shape index (κ2) is 8.29. The van der Waals surface area contributed by atoms with Crippen LogP contribution in [-0.2, 0) is 4.74 Å². The lowest BCUT2D eigenvalue weighted by Gasteiger charge is -2.35. The lowest BCUT2D eigenvalue weighted by molar-refractivity contribution is -0.0411. The SMILES string of the molecule is CCCN(CCCl)CC1CN(CC)CCO1. The van der Waals surface area contributed by atoms with Crippen LogP contribution in [0.2, 0.25) is 0 Å². The molecule has 0 bridgehead atoms. The van der Waals surface area contributed by atoms with Crippen LogP contribution in [0.3, 0.4) is 0 Å². The van der Waals surface area contributed by atoms with Crippen molar-refractivity contribution in [2.45, 2.75) is 26.4 Å². The molecule has 16 heavy (non-hydrogen) atoms. The van der Waals surface area contributed by atoms with Crippen molar-refractivity contribution in [2.24, 2.45) is 0 Å². The summed E-state index contributed by atoms with van der Waals surface area (Å²) in [5.74, 6) is 0.713. The topological polar surface area (TPSA) is 15.7 Å². The van der Waals surface area contributed by atoms with Gasteiger partial charge in [0.05, 0.1) is 12.7 Å². The molecule has 1 unspecified atom stereocenters. The highest BCUT2D eigenvalue weighted by molar-refractivity contribution is 6.18. The second-order valence-corrected chi connectivity index (χ2v) is 4.75. The van der Waals surface area contributed by atoms with E-state index in [4.69, 9.17) is 16.3 Å². The fourth-order valence-corrected chi connectivity index (χ4v) is 2.44. The molecule has 0 saturated carbocycles. The number of morpholine rings is 1.